The zero-order valence-corrected chi connectivity index (χ0v) is 19.6. The van der Waals surface area contributed by atoms with E-state index in [1.54, 1.807) is 0 Å². The molecule has 0 aliphatic heterocycles. The molecule has 2 nitrogen and oxygen atoms in total. The minimum Gasteiger partial charge on any atom is -0.464 e. The van der Waals surface area contributed by atoms with Crippen LogP contribution in [0.3, 0.4) is 0 Å². The second-order valence-electron chi connectivity index (χ2n) is 9.67. The lowest BCUT2D eigenvalue weighted by Gasteiger charge is -2.17. The van der Waals surface area contributed by atoms with E-state index in [-0.39, 0.29) is 17.8 Å². The maximum Gasteiger partial charge on any atom is 0.308 e. The van der Waals surface area contributed by atoms with E-state index in [4.69, 9.17) is 4.74 Å². The Labute approximate surface area is 172 Å². The highest BCUT2D eigenvalue weighted by Gasteiger charge is 2.29. The number of benzene rings is 2. The lowest BCUT2D eigenvalue weighted by Crippen LogP contribution is -2.21. The molecular weight excluding hydrogens is 360 g/mol. The van der Waals surface area contributed by atoms with Gasteiger partial charge in [0.25, 0.3) is 0 Å². The molecule has 0 saturated heterocycles. The van der Waals surface area contributed by atoms with Crippen LogP contribution in [0.5, 0.6) is 0 Å². The highest BCUT2D eigenvalue weighted by atomic mass is 28.3. The lowest BCUT2D eigenvalue weighted by molar-refractivity contribution is -0.147. The summed E-state index contributed by atoms with van der Waals surface area (Å²) < 4.78 is 5.46. The Morgan fingerprint density at radius 3 is 1.71 bits per heavy atom. The van der Waals surface area contributed by atoms with E-state index in [9.17, 15) is 4.79 Å². The fraction of sp³-hybridized carbons (Fsp3) is 0.480. The molecule has 3 heteroatoms. The van der Waals surface area contributed by atoms with Gasteiger partial charge in [0.15, 0.2) is 0 Å². The molecule has 2 aromatic rings. The van der Waals surface area contributed by atoms with Crippen LogP contribution in [0.2, 0.25) is 25.7 Å². The van der Waals surface area contributed by atoms with E-state index >= 15 is 0 Å². The first-order valence-corrected chi connectivity index (χ1v) is 14.2. The summed E-state index contributed by atoms with van der Waals surface area (Å²) in [6.07, 6.45) is 0. The Morgan fingerprint density at radius 1 is 0.893 bits per heavy atom. The highest BCUT2D eigenvalue weighted by Crippen LogP contribution is 2.44. The molecule has 0 amide bonds. The summed E-state index contributed by atoms with van der Waals surface area (Å²) >= 11 is 0. The van der Waals surface area contributed by atoms with Gasteiger partial charge >= 0.3 is 5.97 Å². The van der Waals surface area contributed by atoms with E-state index in [0.717, 1.165) is 5.92 Å². The number of esters is 1. The summed E-state index contributed by atoms with van der Waals surface area (Å²) in [5.41, 5.74) is 5.03. The average Bonchev–Trinajstić information content (AvgIpc) is 2.92. The molecule has 0 fully saturated rings. The van der Waals surface area contributed by atoms with Gasteiger partial charge in [-0.2, -0.15) is 0 Å². The number of hydrogen-bond donors (Lipinski definition) is 0. The van der Waals surface area contributed by atoms with Crippen LogP contribution in [0.25, 0.3) is 11.1 Å². The maximum atomic E-state index is 11.7. The predicted octanol–water partition coefficient (Wildman–Crippen LogP) is 6.98. The molecule has 0 saturated carbocycles. The number of ether oxygens (including phenoxy) is 1. The number of carbonyl (C=O) groups is 1. The van der Waals surface area contributed by atoms with Crippen LogP contribution < -0.4 is 0 Å². The topological polar surface area (TPSA) is 26.3 Å². The molecule has 0 aromatic heterocycles. The zero-order chi connectivity index (χ0) is 20.9. The van der Waals surface area contributed by atoms with Gasteiger partial charge in [-0.05, 0) is 28.2 Å². The third-order valence-electron chi connectivity index (χ3n) is 4.85. The van der Waals surface area contributed by atoms with E-state index in [1.165, 1.54) is 28.3 Å². The average molecular weight is 397 g/mol. The van der Waals surface area contributed by atoms with Crippen molar-refractivity contribution in [2.75, 3.05) is 6.61 Å². The van der Waals surface area contributed by atoms with Gasteiger partial charge in [-0.1, -0.05) is 102 Å². The first-order chi connectivity index (χ1) is 13.1. The number of rotatable bonds is 5. The van der Waals surface area contributed by atoms with Gasteiger partial charge < -0.3 is 4.74 Å². The molecule has 0 atom stereocenters. The first kappa shape index (κ1) is 22.4. The largest absolute Gasteiger partial charge is 0.464 e. The van der Waals surface area contributed by atoms with Crippen LogP contribution in [0.15, 0.2) is 48.5 Å². The van der Waals surface area contributed by atoms with Crippen molar-refractivity contribution in [3.8, 4) is 11.1 Å². The Balaban J connectivity index is 0.000000300. The van der Waals surface area contributed by atoms with Gasteiger partial charge in [0.1, 0.15) is 6.61 Å². The van der Waals surface area contributed by atoms with Crippen LogP contribution in [0.1, 0.15) is 44.7 Å². The van der Waals surface area contributed by atoms with Crippen LogP contribution in [-0.2, 0) is 9.53 Å². The molecule has 0 N–H and O–H groups in total. The third kappa shape index (κ3) is 6.06. The molecule has 152 valence electrons. The summed E-state index contributed by atoms with van der Waals surface area (Å²) in [4.78, 5) is 11.7. The Kier molecular flexibility index (Phi) is 7.65. The van der Waals surface area contributed by atoms with E-state index in [2.05, 4.69) is 69.9 Å². The van der Waals surface area contributed by atoms with Gasteiger partial charge in [0.05, 0.1) is 5.92 Å². The molecule has 0 heterocycles. The molecule has 3 rings (SSSR count). The molecule has 0 unspecified atom stereocenters. The van der Waals surface area contributed by atoms with Crippen LogP contribution >= 0.6 is 0 Å². The monoisotopic (exact) mass is 396 g/mol. The summed E-state index contributed by atoms with van der Waals surface area (Å²) in [6, 6.07) is 18.2. The molecule has 0 spiro atoms. The fourth-order valence-electron chi connectivity index (χ4n) is 4.00. The molecule has 1 aliphatic rings. The van der Waals surface area contributed by atoms with Gasteiger partial charge in [-0.15, -0.1) is 0 Å². The minimum atomic E-state index is -0.720. The second kappa shape index (κ2) is 9.55. The third-order valence-corrected chi connectivity index (χ3v) is 6.89. The number of fused-ring (bicyclic) bond motifs is 3. The zero-order valence-electron chi connectivity index (χ0n) is 18.6. The van der Waals surface area contributed by atoms with E-state index in [1.807, 2.05) is 26.0 Å². The smallest absolute Gasteiger partial charge is 0.308 e. The lowest BCUT2D eigenvalue weighted by atomic mass is 9.98. The molecular formula is C25H36O2Si. The highest BCUT2D eigenvalue weighted by molar-refractivity contribution is 6.76. The van der Waals surface area contributed by atoms with Crippen molar-refractivity contribution >= 4 is 14.0 Å². The van der Waals surface area contributed by atoms with Crippen LogP contribution in [0.4, 0.5) is 0 Å². The summed E-state index contributed by atoms with van der Waals surface area (Å²) in [7, 11) is -0.720. The van der Waals surface area contributed by atoms with Crippen molar-refractivity contribution in [1.29, 1.82) is 0 Å². The van der Waals surface area contributed by atoms with Crippen molar-refractivity contribution in [1.82, 2.24) is 0 Å². The van der Waals surface area contributed by atoms with Gasteiger partial charge in [-0.3, -0.25) is 4.79 Å². The van der Waals surface area contributed by atoms with Crippen molar-refractivity contribution in [2.24, 2.45) is 11.8 Å². The number of carbonyl (C=O) groups excluding carboxylic acids is 1. The molecule has 0 radical (unpaired) electrons. The summed E-state index contributed by atoms with van der Waals surface area (Å²) in [6.45, 7) is 16.0. The van der Waals surface area contributed by atoms with Crippen LogP contribution in [-0.4, -0.2) is 20.7 Å². The van der Waals surface area contributed by atoms with E-state index < -0.39 is 8.07 Å². The SMILES string of the molecule is CC(C)C(=O)OCC1c2ccccc2-c2ccccc21.CC(C)C[Si](C)(C)C. The molecule has 1 aliphatic carbocycles. The first-order valence-electron chi connectivity index (χ1n) is 10.4. The van der Waals surface area contributed by atoms with Crippen molar-refractivity contribution in [3.05, 3.63) is 59.7 Å². The normalized spacial score (nSPS) is 13.0. The predicted molar refractivity (Wildman–Crippen MR) is 123 cm³/mol. The van der Waals surface area contributed by atoms with Crippen molar-refractivity contribution in [2.45, 2.75) is 59.3 Å². The molecule has 0 bridgehead atoms. The Bertz CT molecular complexity index is 742. The maximum absolute atomic E-state index is 11.7. The van der Waals surface area contributed by atoms with E-state index in [0.29, 0.717) is 6.61 Å². The van der Waals surface area contributed by atoms with Gasteiger partial charge in [0.2, 0.25) is 0 Å². The fourth-order valence-corrected chi connectivity index (χ4v) is 6.45. The quantitative estimate of drug-likeness (QED) is 0.402. The second-order valence-corrected chi connectivity index (χ2v) is 15.2. The molecule has 2 aromatic carbocycles. The van der Waals surface area contributed by atoms with Crippen LogP contribution in [0, 0.1) is 11.8 Å². The van der Waals surface area contributed by atoms with Gasteiger partial charge in [-0.25, -0.2) is 0 Å². The Morgan fingerprint density at radius 2 is 1.36 bits per heavy atom. The standard InChI is InChI=1S/C18H18O2.C7H18Si/c1-12(2)18(19)20-11-17-15-9-5-3-7-13(15)14-8-4-6-10-16(14)17;1-7(2)6-8(3,4)5/h3-10,12,17H,11H2,1-2H3;7H,6H2,1-5H3. The minimum absolute atomic E-state index is 0.0816. The van der Waals surface area contributed by atoms with Crippen molar-refractivity contribution in [3.63, 3.8) is 0 Å². The summed E-state index contributed by atoms with van der Waals surface area (Å²) in [5, 5.41) is 0. The summed E-state index contributed by atoms with van der Waals surface area (Å²) in [5.74, 6) is 0.848. The molecule has 28 heavy (non-hydrogen) atoms. The number of hydrogen-bond acceptors (Lipinski definition) is 2. The van der Waals surface area contributed by atoms with Gasteiger partial charge in [0, 0.05) is 14.0 Å². The van der Waals surface area contributed by atoms with Crippen molar-refractivity contribution < 1.29 is 9.53 Å². The Hall–Kier alpha value is -1.87.